The highest BCUT2D eigenvalue weighted by Gasteiger charge is 2.36. The van der Waals surface area contributed by atoms with Crippen LogP contribution in [0.2, 0.25) is 0 Å². The first-order chi connectivity index (χ1) is 16.2. The molecule has 3 rings (SSSR count). The Kier molecular flexibility index (Phi) is 8.79. The number of hydrogen-bond donors (Lipinski definition) is 1. The van der Waals surface area contributed by atoms with Crippen LogP contribution < -0.4 is 14.8 Å². The molecular formula is C25H27BrN2O5S. The fourth-order valence-electron chi connectivity index (χ4n) is 3.23. The zero-order chi connectivity index (χ0) is 24.8. The fourth-order valence-corrected chi connectivity index (χ4v) is 4.64. The van der Waals surface area contributed by atoms with Crippen molar-refractivity contribution in [1.29, 1.82) is 0 Å². The second-order valence-electron chi connectivity index (χ2n) is 7.73. The first kappa shape index (κ1) is 25.8. The first-order valence-electron chi connectivity index (χ1n) is 10.9. The molecule has 1 aliphatic rings. The van der Waals surface area contributed by atoms with Crippen LogP contribution in [-0.4, -0.2) is 41.7 Å². The van der Waals surface area contributed by atoms with Gasteiger partial charge in [0.15, 0.2) is 11.5 Å². The van der Waals surface area contributed by atoms with E-state index in [9.17, 15) is 14.4 Å². The first-order valence-corrected chi connectivity index (χ1v) is 12.6. The van der Waals surface area contributed by atoms with Crippen LogP contribution in [0, 0.1) is 13.8 Å². The number of carbonyl (C=O) groups excluding carboxylic acids is 3. The molecule has 1 heterocycles. The number of benzene rings is 2. The summed E-state index contributed by atoms with van der Waals surface area (Å²) in [5, 5.41) is 2.26. The van der Waals surface area contributed by atoms with Gasteiger partial charge in [0.25, 0.3) is 11.1 Å². The Morgan fingerprint density at radius 1 is 1.12 bits per heavy atom. The lowest BCUT2D eigenvalue weighted by Gasteiger charge is -2.14. The van der Waals surface area contributed by atoms with Gasteiger partial charge in [-0.2, -0.15) is 0 Å². The highest BCUT2D eigenvalue weighted by molar-refractivity contribution is 9.10. The van der Waals surface area contributed by atoms with Gasteiger partial charge in [-0.05, 0) is 102 Å². The van der Waals surface area contributed by atoms with E-state index in [4.69, 9.17) is 9.47 Å². The molecule has 2 aromatic rings. The summed E-state index contributed by atoms with van der Waals surface area (Å²) in [5.74, 6) is 0.191. The third-order valence-electron chi connectivity index (χ3n) is 5.05. The van der Waals surface area contributed by atoms with Crippen LogP contribution in [0.3, 0.4) is 0 Å². The minimum absolute atomic E-state index is 0.237. The predicted octanol–water partition coefficient (Wildman–Crippen LogP) is 5.93. The maximum atomic E-state index is 12.9. The monoisotopic (exact) mass is 546 g/mol. The normalized spacial score (nSPS) is 14.6. The summed E-state index contributed by atoms with van der Waals surface area (Å²) in [6.07, 6.45) is 2.47. The van der Waals surface area contributed by atoms with Crippen LogP contribution >= 0.6 is 27.7 Å². The van der Waals surface area contributed by atoms with Gasteiger partial charge in [-0.25, -0.2) is 0 Å². The minimum Gasteiger partial charge on any atom is -0.490 e. The summed E-state index contributed by atoms with van der Waals surface area (Å²) in [6.45, 7) is 8.46. The lowest BCUT2D eigenvalue weighted by Crippen LogP contribution is -2.36. The molecule has 1 fully saturated rings. The molecule has 0 radical (unpaired) electrons. The van der Waals surface area contributed by atoms with Crippen molar-refractivity contribution in [2.24, 2.45) is 0 Å². The topological polar surface area (TPSA) is 84.9 Å². The largest absolute Gasteiger partial charge is 0.490 e. The van der Waals surface area contributed by atoms with Gasteiger partial charge in [-0.1, -0.05) is 13.0 Å². The summed E-state index contributed by atoms with van der Waals surface area (Å²) < 4.78 is 12.2. The van der Waals surface area contributed by atoms with Crippen LogP contribution in [0.25, 0.3) is 6.08 Å². The maximum Gasteiger partial charge on any atom is 0.294 e. The van der Waals surface area contributed by atoms with Crippen LogP contribution in [0.4, 0.5) is 10.5 Å². The van der Waals surface area contributed by atoms with Gasteiger partial charge in [0.05, 0.1) is 22.6 Å². The number of nitrogens with zero attached hydrogens (tertiary/aromatic N) is 1. The molecule has 0 spiro atoms. The number of rotatable bonds is 9. The van der Waals surface area contributed by atoms with Crippen molar-refractivity contribution in [2.75, 3.05) is 25.1 Å². The number of hydrogen-bond acceptors (Lipinski definition) is 6. The molecule has 0 aliphatic carbocycles. The van der Waals surface area contributed by atoms with Crippen molar-refractivity contribution in [2.45, 2.75) is 34.1 Å². The summed E-state index contributed by atoms with van der Waals surface area (Å²) in [5.41, 5.74) is 3.44. The summed E-state index contributed by atoms with van der Waals surface area (Å²) in [6, 6.07) is 9.10. The van der Waals surface area contributed by atoms with Gasteiger partial charge in [0.2, 0.25) is 5.91 Å². The number of thioether (sulfide) groups is 1. The van der Waals surface area contributed by atoms with E-state index in [0.717, 1.165) is 34.2 Å². The Morgan fingerprint density at radius 2 is 1.88 bits per heavy atom. The molecule has 1 N–H and O–H groups in total. The van der Waals surface area contributed by atoms with Gasteiger partial charge in [-0.3, -0.25) is 19.3 Å². The van der Waals surface area contributed by atoms with Crippen molar-refractivity contribution in [3.05, 3.63) is 56.4 Å². The molecule has 0 unspecified atom stereocenters. The number of imide groups is 1. The SMILES string of the molecule is CCCOc1c(Br)cc(/C=C2\SC(=O)N(CC(=O)Nc3ccc(C)c(C)c3)C2=O)cc1OCC. The van der Waals surface area contributed by atoms with E-state index in [2.05, 4.69) is 21.2 Å². The fraction of sp³-hybridized carbons (Fsp3) is 0.320. The molecule has 0 aromatic heterocycles. The average Bonchev–Trinajstić information content (AvgIpc) is 3.03. The zero-order valence-corrected chi connectivity index (χ0v) is 22.0. The molecule has 0 atom stereocenters. The number of amides is 3. The quantitative estimate of drug-likeness (QED) is 0.392. The molecule has 2 aromatic carbocycles. The van der Waals surface area contributed by atoms with Gasteiger partial charge < -0.3 is 14.8 Å². The Bertz CT molecular complexity index is 1150. The van der Waals surface area contributed by atoms with E-state index < -0.39 is 17.1 Å². The standard InChI is InChI=1S/C25H27BrN2O5S/c1-5-9-33-23-19(26)11-17(12-20(23)32-6-2)13-21-24(30)28(25(31)34-21)14-22(29)27-18-8-7-15(3)16(4)10-18/h7-8,10-13H,5-6,9,14H2,1-4H3,(H,27,29)/b21-13-. The Labute approximate surface area is 212 Å². The molecule has 34 heavy (non-hydrogen) atoms. The molecule has 180 valence electrons. The van der Waals surface area contributed by atoms with E-state index >= 15 is 0 Å². The number of anilines is 1. The second-order valence-corrected chi connectivity index (χ2v) is 9.57. The molecule has 0 saturated carbocycles. The lowest BCUT2D eigenvalue weighted by atomic mass is 10.1. The number of aryl methyl sites for hydroxylation is 2. The molecule has 3 amide bonds. The van der Waals surface area contributed by atoms with E-state index in [-0.39, 0.29) is 11.4 Å². The highest BCUT2D eigenvalue weighted by atomic mass is 79.9. The van der Waals surface area contributed by atoms with Crippen LogP contribution in [0.5, 0.6) is 11.5 Å². The summed E-state index contributed by atoms with van der Waals surface area (Å²) in [7, 11) is 0. The molecule has 0 bridgehead atoms. The van der Waals surface area contributed by atoms with Crippen LogP contribution in [0.1, 0.15) is 37.0 Å². The van der Waals surface area contributed by atoms with Gasteiger partial charge in [-0.15, -0.1) is 0 Å². The van der Waals surface area contributed by atoms with Gasteiger partial charge >= 0.3 is 0 Å². The third kappa shape index (κ3) is 6.21. The van der Waals surface area contributed by atoms with Gasteiger partial charge in [0, 0.05) is 5.69 Å². The zero-order valence-electron chi connectivity index (χ0n) is 19.6. The molecule has 1 saturated heterocycles. The molecule has 9 heteroatoms. The van der Waals surface area contributed by atoms with Crippen molar-refractivity contribution >= 4 is 56.5 Å². The minimum atomic E-state index is -0.509. The number of ether oxygens (including phenoxy) is 2. The van der Waals surface area contributed by atoms with Gasteiger partial charge in [0.1, 0.15) is 6.54 Å². The number of carbonyl (C=O) groups is 3. The Hall–Kier alpha value is -2.78. The maximum absolute atomic E-state index is 12.9. The van der Waals surface area contributed by atoms with Crippen molar-refractivity contribution in [1.82, 2.24) is 4.90 Å². The average molecular weight is 547 g/mol. The third-order valence-corrected chi connectivity index (χ3v) is 6.54. The predicted molar refractivity (Wildman–Crippen MR) is 138 cm³/mol. The summed E-state index contributed by atoms with van der Waals surface area (Å²) in [4.78, 5) is 39.0. The van der Waals surface area contributed by atoms with E-state index in [1.807, 2.05) is 39.8 Å². The molecular weight excluding hydrogens is 520 g/mol. The van der Waals surface area contributed by atoms with Crippen molar-refractivity contribution in [3.63, 3.8) is 0 Å². The highest BCUT2D eigenvalue weighted by Crippen LogP contribution is 2.39. The number of halogens is 1. The number of nitrogens with one attached hydrogen (secondary N) is 1. The van der Waals surface area contributed by atoms with Crippen molar-refractivity contribution < 1.29 is 23.9 Å². The lowest BCUT2D eigenvalue weighted by molar-refractivity contribution is -0.127. The molecule has 7 nitrogen and oxygen atoms in total. The second kappa shape index (κ2) is 11.6. The smallest absolute Gasteiger partial charge is 0.294 e. The Balaban J connectivity index is 1.76. The van der Waals surface area contributed by atoms with Crippen molar-refractivity contribution in [3.8, 4) is 11.5 Å². The molecule has 1 aliphatic heterocycles. The Morgan fingerprint density at radius 3 is 2.56 bits per heavy atom. The van der Waals surface area contributed by atoms with Crippen LogP contribution in [0.15, 0.2) is 39.7 Å². The van der Waals surface area contributed by atoms with Crippen LogP contribution in [-0.2, 0) is 9.59 Å². The van der Waals surface area contributed by atoms with E-state index in [1.54, 1.807) is 24.3 Å². The summed E-state index contributed by atoms with van der Waals surface area (Å²) >= 11 is 4.31. The van der Waals surface area contributed by atoms with E-state index in [0.29, 0.717) is 40.4 Å². The van der Waals surface area contributed by atoms with E-state index in [1.165, 1.54) is 0 Å².